The molecule has 0 saturated carbocycles. The van der Waals surface area contributed by atoms with Crippen LogP contribution in [0, 0.1) is 32.6 Å². The zero-order valence-electron chi connectivity index (χ0n) is 38.4. The Labute approximate surface area is 366 Å². The fraction of sp³-hybridized carbons (Fsp3) is 0.562. The maximum atomic E-state index is 14.4. The first kappa shape index (κ1) is 48.1. The van der Waals surface area contributed by atoms with Crippen LogP contribution in [0.4, 0.5) is 0 Å². The molecule has 62 heavy (non-hydrogen) atoms. The Morgan fingerprint density at radius 2 is 1.42 bits per heavy atom. The second kappa shape index (κ2) is 23.5. The van der Waals surface area contributed by atoms with E-state index in [1.807, 2.05) is 13.0 Å². The van der Waals surface area contributed by atoms with E-state index in [0.29, 0.717) is 68.5 Å². The van der Waals surface area contributed by atoms with Gasteiger partial charge in [-0.15, -0.1) is 0 Å². The molecule has 3 aromatic heterocycles. The van der Waals surface area contributed by atoms with Crippen molar-refractivity contribution in [1.29, 1.82) is 0 Å². The molecule has 1 saturated heterocycles. The zero-order chi connectivity index (χ0) is 44.8. The van der Waals surface area contributed by atoms with Gasteiger partial charge in [0.05, 0.1) is 71.5 Å². The van der Waals surface area contributed by atoms with Crippen molar-refractivity contribution in [2.75, 3.05) is 67.5 Å². The summed E-state index contributed by atoms with van der Waals surface area (Å²) in [5.41, 5.74) is 10.9. The quantitative estimate of drug-likeness (QED) is 0.0582. The summed E-state index contributed by atoms with van der Waals surface area (Å²) in [5.74, 6) is -1.46. The van der Waals surface area contributed by atoms with Crippen molar-refractivity contribution in [2.24, 2.45) is 11.8 Å². The number of carbonyl (C=O) groups is 3. The van der Waals surface area contributed by atoms with Gasteiger partial charge in [0.2, 0.25) is 0 Å². The first-order valence-electron chi connectivity index (χ1n) is 22.2. The molecule has 2 aliphatic heterocycles. The number of nitrogens with one attached hydrogen (secondary N) is 5. The van der Waals surface area contributed by atoms with E-state index in [0.717, 1.165) is 80.7 Å². The average molecular weight is 860 g/mol. The van der Waals surface area contributed by atoms with E-state index in [2.05, 4.69) is 72.4 Å². The molecular weight excluding hydrogens is 791 g/mol. The number of amides is 1. The summed E-state index contributed by atoms with van der Waals surface area (Å²) in [6.45, 7) is 16.1. The number of hydrogen-bond donors (Lipinski definition) is 5. The predicted octanol–water partition coefficient (Wildman–Crippen LogP) is 5.76. The number of aromatic amines is 3. The highest BCUT2D eigenvalue weighted by molar-refractivity contribution is 6.03. The minimum Gasteiger partial charge on any atom is -0.469 e. The number of rotatable bonds is 23. The maximum absolute atomic E-state index is 14.4. The number of esters is 2. The van der Waals surface area contributed by atoms with Gasteiger partial charge in [0.15, 0.2) is 0 Å². The van der Waals surface area contributed by atoms with Crippen molar-refractivity contribution in [2.45, 2.75) is 99.5 Å². The molecule has 1 fully saturated rings. The van der Waals surface area contributed by atoms with Crippen LogP contribution in [-0.2, 0) is 51.0 Å². The van der Waals surface area contributed by atoms with Crippen LogP contribution in [0.1, 0.15) is 127 Å². The van der Waals surface area contributed by atoms with Gasteiger partial charge in [0, 0.05) is 88.8 Å². The number of aromatic nitrogens is 3. The lowest BCUT2D eigenvalue weighted by atomic mass is 9.85. The number of H-pyrrole nitrogens is 3. The third kappa shape index (κ3) is 11.8. The van der Waals surface area contributed by atoms with Crippen LogP contribution in [-0.4, -0.2) is 100 Å². The van der Waals surface area contributed by atoms with Crippen LogP contribution >= 0.6 is 0 Å². The molecule has 340 valence electrons. The van der Waals surface area contributed by atoms with Crippen LogP contribution in [0.2, 0.25) is 0 Å². The molecule has 3 aromatic rings. The van der Waals surface area contributed by atoms with Crippen molar-refractivity contribution < 1.29 is 42.8 Å². The standard InChI is InChI=1S/C48H69N5O9/c1-10-12-13-14-18-62-28-36-31(5)37-25-39-30(4)34(15-16-43(54)58-8)46(52-39)35(24-44(55)59-9)47-45(48(56)49-17-19-60-22-23-61-21-20-57-7)32(6)40(53-47)27-41-33(11-2)29(3)38(50-41)26-42(36)51-37/h25-27,30,34,50-53H,10-24,28H2,1-9H3,(H,49,56). The topological polar surface area (TPSA) is 178 Å². The van der Waals surface area contributed by atoms with Crippen LogP contribution < -0.4 is 21.3 Å². The molecule has 2 unspecified atom stereocenters. The summed E-state index contributed by atoms with van der Waals surface area (Å²) in [4.78, 5) is 51.6. The van der Waals surface area contributed by atoms with Gasteiger partial charge in [0.1, 0.15) is 0 Å². The lowest BCUT2D eigenvalue weighted by Crippen LogP contribution is -2.29. The van der Waals surface area contributed by atoms with Gasteiger partial charge in [-0.05, 0) is 80.5 Å². The fourth-order valence-corrected chi connectivity index (χ4v) is 8.44. The molecule has 14 nitrogen and oxygen atoms in total. The van der Waals surface area contributed by atoms with Gasteiger partial charge in [-0.1, -0.05) is 40.0 Å². The van der Waals surface area contributed by atoms with Gasteiger partial charge in [-0.2, -0.15) is 0 Å². The third-order valence-electron chi connectivity index (χ3n) is 12.2. The Balaban J connectivity index is 1.70. The summed E-state index contributed by atoms with van der Waals surface area (Å²) in [6.07, 6.45) is 12.1. The molecule has 5 heterocycles. The van der Waals surface area contributed by atoms with E-state index in [1.54, 1.807) is 7.11 Å². The van der Waals surface area contributed by atoms with E-state index in [-0.39, 0.29) is 49.7 Å². The number of hydrogen-bond acceptors (Lipinski definition) is 10. The molecule has 0 aromatic carbocycles. The molecule has 8 bridgehead atoms. The molecule has 5 N–H and O–H groups in total. The highest BCUT2D eigenvalue weighted by Crippen LogP contribution is 2.43. The minimum absolute atomic E-state index is 0.110. The van der Waals surface area contributed by atoms with E-state index >= 15 is 0 Å². The summed E-state index contributed by atoms with van der Waals surface area (Å²) in [5, 5.41) is 8.66. The van der Waals surface area contributed by atoms with Crippen molar-refractivity contribution in [1.82, 2.24) is 25.6 Å². The monoisotopic (exact) mass is 860 g/mol. The van der Waals surface area contributed by atoms with Gasteiger partial charge in [-0.25, -0.2) is 0 Å². The smallest absolute Gasteiger partial charge is 0.310 e. The van der Waals surface area contributed by atoms with E-state index in [9.17, 15) is 14.4 Å². The largest absolute Gasteiger partial charge is 0.469 e. The lowest BCUT2D eigenvalue weighted by molar-refractivity contribution is -0.141. The van der Waals surface area contributed by atoms with Gasteiger partial charge in [0.25, 0.3) is 5.91 Å². The van der Waals surface area contributed by atoms with Crippen LogP contribution in [0.25, 0.3) is 23.8 Å². The van der Waals surface area contributed by atoms with Crippen LogP contribution in [0.3, 0.4) is 0 Å². The van der Waals surface area contributed by atoms with Crippen molar-refractivity contribution in [3.63, 3.8) is 0 Å². The fourth-order valence-electron chi connectivity index (χ4n) is 8.44. The normalized spacial score (nSPS) is 15.8. The molecule has 14 heteroatoms. The Bertz CT molecular complexity index is 2210. The van der Waals surface area contributed by atoms with Gasteiger partial charge >= 0.3 is 11.9 Å². The molecular formula is C48H69N5O9. The number of unbranched alkanes of at least 4 members (excludes halogenated alkanes) is 3. The Morgan fingerprint density at radius 3 is 2.13 bits per heavy atom. The average Bonchev–Trinajstić information content (AvgIpc) is 3.95. The highest BCUT2D eigenvalue weighted by Gasteiger charge is 2.37. The molecule has 1 amide bonds. The van der Waals surface area contributed by atoms with E-state index < -0.39 is 5.97 Å². The van der Waals surface area contributed by atoms with Crippen LogP contribution in [0.5, 0.6) is 0 Å². The summed E-state index contributed by atoms with van der Waals surface area (Å²) < 4.78 is 32.9. The maximum Gasteiger partial charge on any atom is 0.310 e. The second-order valence-corrected chi connectivity index (χ2v) is 16.1. The molecule has 0 spiro atoms. The Kier molecular flexibility index (Phi) is 18.3. The molecule has 2 aliphatic rings. The number of methoxy groups -OCH3 is 3. The molecule has 5 rings (SSSR count). The zero-order valence-corrected chi connectivity index (χ0v) is 38.4. The second-order valence-electron chi connectivity index (χ2n) is 16.1. The number of carbonyl (C=O) groups excluding carboxylic acids is 3. The lowest BCUT2D eigenvalue weighted by Gasteiger charge is -2.19. The van der Waals surface area contributed by atoms with Gasteiger partial charge < -0.3 is 54.0 Å². The number of ether oxygens (including phenoxy) is 6. The number of allylic oxidation sites excluding steroid dienone is 2. The first-order valence-corrected chi connectivity index (χ1v) is 22.2. The Hall–Kier alpha value is -4.89. The molecule has 0 aliphatic carbocycles. The number of fused-ring (bicyclic) bond motifs is 8. The SMILES string of the molecule is CCCCCCOCc1c2[nH]c(c1C)C=C1NC(=C(CC(=O)OC)c3[nH]c(c(C)c3C(=O)NCCOCCOCCOC)C=c3[nH]c(c(C)c3CC)=C2)C(CCC(=O)OC)C1C. The highest BCUT2D eigenvalue weighted by atomic mass is 16.5. The summed E-state index contributed by atoms with van der Waals surface area (Å²) in [6, 6.07) is 0. The molecule has 2 atom stereocenters. The van der Waals surface area contributed by atoms with E-state index in [1.165, 1.54) is 27.1 Å². The Morgan fingerprint density at radius 1 is 0.710 bits per heavy atom. The predicted molar refractivity (Wildman–Crippen MR) is 241 cm³/mol. The minimum atomic E-state index is -0.469. The summed E-state index contributed by atoms with van der Waals surface area (Å²) in [7, 11) is 4.36. The van der Waals surface area contributed by atoms with Gasteiger partial charge in [-0.3, -0.25) is 14.4 Å². The first-order chi connectivity index (χ1) is 30.0. The van der Waals surface area contributed by atoms with Crippen LogP contribution in [0.15, 0.2) is 11.4 Å². The molecule has 0 radical (unpaired) electrons. The van der Waals surface area contributed by atoms with E-state index in [4.69, 9.17) is 28.4 Å². The van der Waals surface area contributed by atoms with Crippen molar-refractivity contribution in [3.8, 4) is 0 Å². The van der Waals surface area contributed by atoms with Crippen molar-refractivity contribution >= 4 is 41.6 Å². The summed E-state index contributed by atoms with van der Waals surface area (Å²) >= 11 is 0. The third-order valence-corrected chi connectivity index (χ3v) is 12.2. The van der Waals surface area contributed by atoms with Crippen molar-refractivity contribution in [3.05, 3.63) is 78.2 Å².